The molecule has 0 aliphatic carbocycles. The normalized spacial score (nSPS) is 32.2. The van der Waals surface area contributed by atoms with Crippen LogP contribution in [0.5, 0.6) is 0 Å². The zero-order chi connectivity index (χ0) is 13.4. The van der Waals surface area contributed by atoms with Gasteiger partial charge in [0, 0.05) is 25.1 Å². The van der Waals surface area contributed by atoms with E-state index in [9.17, 15) is 9.90 Å². The molecule has 2 fully saturated rings. The number of carbonyl (C=O) groups is 1. The van der Waals surface area contributed by atoms with Crippen molar-refractivity contribution >= 4 is 6.09 Å². The Bertz CT molecular complexity index is 325. The summed E-state index contributed by atoms with van der Waals surface area (Å²) in [6.45, 7) is 8.09. The molecule has 5 nitrogen and oxygen atoms in total. The van der Waals surface area contributed by atoms with Crippen LogP contribution in [-0.4, -0.2) is 54.6 Å². The largest absolute Gasteiger partial charge is 0.444 e. The van der Waals surface area contributed by atoms with Gasteiger partial charge in [0.15, 0.2) is 0 Å². The molecule has 5 heteroatoms. The molecule has 0 aromatic carbocycles. The van der Waals surface area contributed by atoms with Crippen LogP contribution in [-0.2, 0) is 9.47 Å². The Hall–Kier alpha value is -0.810. The minimum atomic E-state index is -0.478. The highest BCUT2D eigenvalue weighted by Gasteiger charge is 2.50. The lowest BCUT2D eigenvalue weighted by atomic mass is 9.76. The van der Waals surface area contributed by atoms with Crippen LogP contribution in [0.3, 0.4) is 0 Å². The summed E-state index contributed by atoms with van der Waals surface area (Å²) in [4.78, 5) is 13.8. The zero-order valence-electron chi connectivity index (χ0n) is 11.4. The summed E-state index contributed by atoms with van der Waals surface area (Å²) in [6.07, 6.45) is 0.615. The number of nitrogens with zero attached hydrogens (tertiary/aromatic N) is 1. The van der Waals surface area contributed by atoms with Gasteiger partial charge < -0.3 is 19.5 Å². The van der Waals surface area contributed by atoms with Crippen molar-refractivity contribution in [3.8, 4) is 0 Å². The lowest BCUT2D eigenvalue weighted by molar-refractivity contribution is -0.0562. The Kier molecular flexibility index (Phi) is 3.56. The van der Waals surface area contributed by atoms with E-state index < -0.39 is 5.60 Å². The minimum Gasteiger partial charge on any atom is -0.444 e. The minimum absolute atomic E-state index is 0.0664. The number of hydrogen-bond acceptors (Lipinski definition) is 4. The van der Waals surface area contributed by atoms with Gasteiger partial charge in [-0.1, -0.05) is 0 Å². The Labute approximate surface area is 108 Å². The van der Waals surface area contributed by atoms with Crippen LogP contribution in [0.4, 0.5) is 4.79 Å². The number of fused-ring (bicyclic) bond motifs is 1. The van der Waals surface area contributed by atoms with E-state index in [1.54, 1.807) is 4.90 Å². The SMILES string of the molecule is CC(C)(C)OC(=O)N1C[C@H]2CCOC[C@@]2(CO)C1. The number of ether oxygens (including phenoxy) is 2. The van der Waals surface area contributed by atoms with Crippen LogP contribution >= 0.6 is 0 Å². The first-order valence-electron chi connectivity index (χ1n) is 6.53. The molecule has 0 aromatic rings. The fourth-order valence-electron chi connectivity index (χ4n) is 2.79. The maximum Gasteiger partial charge on any atom is 0.410 e. The monoisotopic (exact) mass is 257 g/mol. The highest BCUT2D eigenvalue weighted by atomic mass is 16.6. The molecule has 18 heavy (non-hydrogen) atoms. The molecular formula is C13H23NO4. The fraction of sp³-hybridized carbons (Fsp3) is 0.923. The van der Waals surface area contributed by atoms with Crippen LogP contribution in [0.25, 0.3) is 0 Å². The van der Waals surface area contributed by atoms with Gasteiger partial charge in [-0.2, -0.15) is 0 Å². The zero-order valence-corrected chi connectivity index (χ0v) is 11.4. The van der Waals surface area contributed by atoms with Crippen molar-refractivity contribution in [2.45, 2.75) is 32.8 Å². The molecule has 2 rings (SSSR count). The van der Waals surface area contributed by atoms with E-state index in [0.29, 0.717) is 32.2 Å². The summed E-state index contributed by atoms with van der Waals surface area (Å²) in [5.74, 6) is 0.323. The van der Waals surface area contributed by atoms with Crippen LogP contribution in [0.15, 0.2) is 0 Å². The molecule has 2 heterocycles. The van der Waals surface area contributed by atoms with E-state index in [2.05, 4.69) is 0 Å². The third-order valence-corrected chi connectivity index (χ3v) is 3.78. The Morgan fingerprint density at radius 1 is 1.56 bits per heavy atom. The predicted molar refractivity (Wildman–Crippen MR) is 66.3 cm³/mol. The lowest BCUT2D eigenvalue weighted by Gasteiger charge is -2.36. The Morgan fingerprint density at radius 3 is 2.83 bits per heavy atom. The molecule has 2 aliphatic rings. The van der Waals surface area contributed by atoms with Crippen molar-refractivity contribution < 1.29 is 19.4 Å². The second kappa shape index (κ2) is 4.70. The summed E-state index contributed by atoms with van der Waals surface area (Å²) in [7, 11) is 0. The summed E-state index contributed by atoms with van der Waals surface area (Å²) < 4.78 is 10.8. The quantitative estimate of drug-likeness (QED) is 0.768. The maximum atomic E-state index is 12.0. The molecule has 0 spiro atoms. The van der Waals surface area contributed by atoms with Gasteiger partial charge >= 0.3 is 6.09 Å². The highest BCUT2D eigenvalue weighted by Crippen LogP contribution is 2.41. The molecule has 2 aliphatic heterocycles. The first kappa shape index (κ1) is 13.6. The number of aliphatic hydroxyl groups excluding tert-OH is 1. The van der Waals surface area contributed by atoms with E-state index in [1.807, 2.05) is 20.8 Å². The van der Waals surface area contributed by atoms with E-state index >= 15 is 0 Å². The smallest absolute Gasteiger partial charge is 0.410 e. The summed E-state index contributed by atoms with van der Waals surface area (Å²) >= 11 is 0. The van der Waals surface area contributed by atoms with Crippen LogP contribution in [0, 0.1) is 11.3 Å². The van der Waals surface area contributed by atoms with E-state index in [1.165, 1.54) is 0 Å². The van der Waals surface area contributed by atoms with Crippen LogP contribution in [0.2, 0.25) is 0 Å². The van der Waals surface area contributed by atoms with Gasteiger partial charge in [0.25, 0.3) is 0 Å². The van der Waals surface area contributed by atoms with Crippen molar-refractivity contribution in [3.63, 3.8) is 0 Å². The molecule has 0 radical (unpaired) electrons. The van der Waals surface area contributed by atoms with Gasteiger partial charge in [-0.25, -0.2) is 4.79 Å². The number of aliphatic hydroxyl groups is 1. The third kappa shape index (κ3) is 2.62. The van der Waals surface area contributed by atoms with Crippen molar-refractivity contribution in [3.05, 3.63) is 0 Å². The summed E-state index contributed by atoms with van der Waals surface area (Å²) in [6, 6.07) is 0. The van der Waals surface area contributed by atoms with Gasteiger partial charge in [0.05, 0.1) is 13.2 Å². The molecule has 1 N–H and O–H groups in total. The second-order valence-corrected chi connectivity index (χ2v) is 6.42. The number of rotatable bonds is 1. The van der Waals surface area contributed by atoms with E-state index in [4.69, 9.17) is 9.47 Å². The summed E-state index contributed by atoms with van der Waals surface area (Å²) in [5.41, 5.74) is -0.761. The first-order chi connectivity index (χ1) is 8.36. The average Bonchev–Trinajstić information content (AvgIpc) is 2.66. The molecule has 2 saturated heterocycles. The van der Waals surface area contributed by atoms with Gasteiger partial charge in [0.1, 0.15) is 5.60 Å². The van der Waals surface area contributed by atoms with E-state index in [-0.39, 0.29) is 18.1 Å². The van der Waals surface area contributed by atoms with Crippen LogP contribution in [0.1, 0.15) is 27.2 Å². The standard InChI is InChI=1S/C13H23NO4/c1-12(2,3)18-11(16)14-6-10-4-5-17-9-13(10,7-14)8-15/h10,15H,4-9H2,1-3H3/t10-,13+/m1/s1. The molecule has 104 valence electrons. The molecule has 0 aromatic heterocycles. The van der Waals surface area contributed by atoms with Crippen molar-refractivity contribution in [2.75, 3.05) is 32.9 Å². The summed E-state index contributed by atoms with van der Waals surface area (Å²) in [5, 5.41) is 9.63. The number of likely N-dealkylation sites (tertiary alicyclic amines) is 1. The Morgan fingerprint density at radius 2 is 2.28 bits per heavy atom. The average molecular weight is 257 g/mol. The van der Waals surface area contributed by atoms with Crippen molar-refractivity contribution in [1.82, 2.24) is 4.90 Å². The van der Waals surface area contributed by atoms with Crippen molar-refractivity contribution in [2.24, 2.45) is 11.3 Å². The van der Waals surface area contributed by atoms with Gasteiger partial charge in [-0.15, -0.1) is 0 Å². The van der Waals surface area contributed by atoms with Gasteiger partial charge in [-0.3, -0.25) is 0 Å². The van der Waals surface area contributed by atoms with Crippen LogP contribution < -0.4 is 0 Å². The fourth-order valence-corrected chi connectivity index (χ4v) is 2.79. The third-order valence-electron chi connectivity index (χ3n) is 3.78. The van der Waals surface area contributed by atoms with Gasteiger partial charge in [-0.05, 0) is 33.1 Å². The first-order valence-corrected chi connectivity index (χ1v) is 6.53. The molecule has 1 amide bonds. The predicted octanol–water partition coefficient (Wildman–Crippen LogP) is 1.25. The van der Waals surface area contributed by atoms with E-state index in [0.717, 1.165) is 6.42 Å². The lowest BCUT2D eigenvalue weighted by Crippen LogP contribution is -2.43. The molecule has 0 saturated carbocycles. The van der Waals surface area contributed by atoms with Crippen molar-refractivity contribution in [1.29, 1.82) is 0 Å². The highest BCUT2D eigenvalue weighted by molar-refractivity contribution is 5.68. The second-order valence-electron chi connectivity index (χ2n) is 6.42. The maximum absolute atomic E-state index is 12.0. The topological polar surface area (TPSA) is 59.0 Å². The Balaban J connectivity index is 2.03. The number of hydrogen-bond donors (Lipinski definition) is 1. The van der Waals surface area contributed by atoms with Gasteiger partial charge in [0.2, 0.25) is 0 Å². The molecule has 0 bridgehead atoms. The molecular weight excluding hydrogens is 234 g/mol. The molecule has 0 unspecified atom stereocenters. The number of carbonyl (C=O) groups excluding carboxylic acids is 1. The number of amides is 1. The molecule has 2 atom stereocenters.